The first-order valence-electron chi connectivity index (χ1n) is 9.53. The van der Waals surface area contributed by atoms with Crippen molar-refractivity contribution >= 4 is 21.4 Å². The van der Waals surface area contributed by atoms with Crippen LogP contribution in [-0.2, 0) is 16.6 Å². The van der Waals surface area contributed by atoms with Gasteiger partial charge in [0.2, 0.25) is 10.0 Å². The molecule has 8 heteroatoms. The Bertz CT molecular complexity index is 1190. The molecule has 5 nitrogen and oxygen atoms in total. The van der Waals surface area contributed by atoms with E-state index in [4.69, 9.17) is 5.26 Å². The smallest absolute Gasteiger partial charge is 0.243 e. The number of benzene rings is 2. The van der Waals surface area contributed by atoms with Gasteiger partial charge in [0.25, 0.3) is 0 Å². The maximum atomic E-state index is 14.0. The summed E-state index contributed by atoms with van der Waals surface area (Å²) in [4.78, 5) is 4.37. The van der Waals surface area contributed by atoms with Crippen LogP contribution in [0.4, 0.5) is 4.39 Å². The third kappa shape index (κ3) is 4.30. The van der Waals surface area contributed by atoms with E-state index in [0.29, 0.717) is 43.9 Å². The highest BCUT2D eigenvalue weighted by atomic mass is 32.2. The second-order valence-electron chi connectivity index (χ2n) is 7.07. The molecule has 1 aromatic heterocycles. The van der Waals surface area contributed by atoms with Gasteiger partial charge in [0.1, 0.15) is 5.82 Å². The highest BCUT2D eigenvalue weighted by molar-refractivity contribution is 7.89. The van der Waals surface area contributed by atoms with Crippen molar-refractivity contribution in [2.75, 3.05) is 26.2 Å². The van der Waals surface area contributed by atoms with Gasteiger partial charge in [0.05, 0.1) is 16.5 Å². The molecular weight excluding hydrogens is 421 g/mol. The highest BCUT2D eigenvalue weighted by Gasteiger charge is 2.28. The lowest BCUT2D eigenvalue weighted by Gasteiger charge is -2.33. The van der Waals surface area contributed by atoms with Gasteiger partial charge in [-0.15, -0.1) is 11.3 Å². The fourth-order valence-electron chi connectivity index (χ4n) is 3.49. The minimum absolute atomic E-state index is 0.155. The lowest BCUT2D eigenvalue weighted by atomic mass is 10.2. The van der Waals surface area contributed by atoms with Gasteiger partial charge in [-0.1, -0.05) is 24.3 Å². The largest absolute Gasteiger partial charge is 0.296 e. The summed E-state index contributed by atoms with van der Waals surface area (Å²) in [5.74, 6) is -0.231. The van der Waals surface area contributed by atoms with E-state index in [1.807, 2.05) is 24.3 Å². The maximum absolute atomic E-state index is 14.0. The highest BCUT2D eigenvalue weighted by Crippen LogP contribution is 2.31. The van der Waals surface area contributed by atoms with E-state index >= 15 is 0 Å². The number of hydrogen-bond acceptors (Lipinski definition) is 5. The normalized spacial score (nSPS) is 15.7. The quantitative estimate of drug-likeness (QED) is 0.602. The van der Waals surface area contributed by atoms with Crippen LogP contribution in [-0.4, -0.2) is 43.8 Å². The van der Waals surface area contributed by atoms with E-state index in [1.54, 1.807) is 35.6 Å². The lowest BCUT2D eigenvalue weighted by Crippen LogP contribution is -2.48. The molecule has 0 N–H and O–H groups in total. The zero-order valence-electron chi connectivity index (χ0n) is 16.2. The zero-order chi connectivity index (χ0) is 21.1. The van der Waals surface area contributed by atoms with Gasteiger partial charge in [-0.3, -0.25) is 4.90 Å². The van der Waals surface area contributed by atoms with E-state index in [-0.39, 0.29) is 10.7 Å². The standard InChI is InChI=1S/C22H20FN3O2S2/c23-21-7-2-1-6-20(21)22-9-8-18(29-22)16-25-10-12-26(13-11-25)30(27,28)19-5-3-4-17(14-19)15-24/h1-9,14H,10-13,16H2. The maximum Gasteiger partial charge on any atom is 0.243 e. The number of halogens is 1. The monoisotopic (exact) mass is 441 g/mol. The molecule has 1 fully saturated rings. The Hall–Kier alpha value is -2.57. The van der Waals surface area contributed by atoms with E-state index in [0.717, 1.165) is 9.75 Å². The molecule has 0 unspecified atom stereocenters. The summed E-state index contributed by atoms with van der Waals surface area (Å²) in [6.07, 6.45) is 0. The van der Waals surface area contributed by atoms with E-state index in [1.165, 1.54) is 22.5 Å². The summed E-state index contributed by atoms with van der Waals surface area (Å²) in [5, 5.41) is 9.02. The van der Waals surface area contributed by atoms with Crippen molar-refractivity contribution in [3.63, 3.8) is 0 Å². The molecule has 2 aromatic carbocycles. The second kappa shape index (κ2) is 8.66. The molecule has 2 heterocycles. The molecule has 0 radical (unpaired) electrons. The molecule has 4 rings (SSSR count). The number of sulfonamides is 1. The van der Waals surface area contributed by atoms with E-state index in [9.17, 15) is 12.8 Å². The first-order valence-corrected chi connectivity index (χ1v) is 11.8. The van der Waals surface area contributed by atoms with Crippen LogP contribution in [0.3, 0.4) is 0 Å². The molecule has 0 bridgehead atoms. The summed E-state index contributed by atoms with van der Waals surface area (Å²) in [5.41, 5.74) is 0.933. The van der Waals surface area contributed by atoms with Crippen LogP contribution in [0.15, 0.2) is 65.6 Å². The number of nitrogens with zero attached hydrogens (tertiary/aromatic N) is 3. The minimum Gasteiger partial charge on any atom is -0.296 e. The summed E-state index contributed by atoms with van der Waals surface area (Å²) in [6.45, 7) is 2.72. The zero-order valence-corrected chi connectivity index (χ0v) is 17.8. The molecule has 0 atom stereocenters. The molecular formula is C22H20FN3O2S2. The summed E-state index contributed by atoms with van der Waals surface area (Å²) in [6, 6.07) is 18.8. The van der Waals surface area contributed by atoms with Crippen LogP contribution in [0, 0.1) is 17.1 Å². The predicted octanol–water partition coefficient (Wildman–Crippen LogP) is 3.93. The Morgan fingerprint density at radius 1 is 1.00 bits per heavy atom. The van der Waals surface area contributed by atoms with Crippen molar-refractivity contribution in [2.24, 2.45) is 0 Å². The van der Waals surface area contributed by atoms with Crippen LogP contribution in [0.2, 0.25) is 0 Å². The van der Waals surface area contributed by atoms with Crippen LogP contribution >= 0.6 is 11.3 Å². The fourth-order valence-corrected chi connectivity index (χ4v) is 6.04. The molecule has 1 aliphatic rings. The molecule has 1 aliphatic heterocycles. The third-order valence-corrected chi connectivity index (χ3v) is 8.11. The number of rotatable bonds is 5. The summed E-state index contributed by atoms with van der Waals surface area (Å²) < 4.78 is 41.2. The van der Waals surface area contributed by atoms with Gasteiger partial charge >= 0.3 is 0 Å². The SMILES string of the molecule is N#Cc1cccc(S(=O)(=O)N2CCN(Cc3ccc(-c4ccccc4F)s3)CC2)c1. The molecule has 30 heavy (non-hydrogen) atoms. The van der Waals surface area contributed by atoms with Gasteiger partial charge in [-0.25, -0.2) is 12.8 Å². The van der Waals surface area contributed by atoms with Gasteiger partial charge in [-0.2, -0.15) is 9.57 Å². The molecule has 0 aliphatic carbocycles. The fraction of sp³-hybridized carbons (Fsp3) is 0.227. The van der Waals surface area contributed by atoms with Crippen LogP contribution in [0.1, 0.15) is 10.4 Å². The van der Waals surface area contributed by atoms with Crippen molar-refractivity contribution in [3.05, 3.63) is 76.9 Å². The Morgan fingerprint density at radius 3 is 2.50 bits per heavy atom. The van der Waals surface area contributed by atoms with Crippen LogP contribution in [0.5, 0.6) is 0 Å². The van der Waals surface area contributed by atoms with Crippen molar-refractivity contribution in [2.45, 2.75) is 11.4 Å². The van der Waals surface area contributed by atoms with Crippen molar-refractivity contribution in [1.29, 1.82) is 5.26 Å². The topological polar surface area (TPSA) is 64.4 Å². The number of piperazine rings is 1. The number of nitriles is 1. The molecule has 0 amide bonds. The predicted molar refractivity (Wildman–Crippen MR) is 115 cm³/mol. The molecule has 0 spiro atoms. The summed E-state index contributed by atoms with van der Waals surface area (Å²) in [7, 11) is -3.61. The van der Waals surface area contributed by atoms with Gasteiger partial charge in [-0.05, 0) is 36.4 Å². The van der Waals surface area contributed by atoms with Crippen molar-refractivity contribution < 1.29 is 12.8 Å². The number of hydrogen-bond donors (Lipinski definition) is 0. The average molecular weight is 442 g/mol. The molecule has 3 aromatic rings. The Labute approximate surface area is 179 Å². The average Bonchev–Trinajstić information content (AvgIpc) is 3.22. The Balaban J connectivity index is 1.39. The Kier molecular flexibility index (Phi) is 5.97. The second-order valence-corrected chi connectivity index (χ2v) is 10.2. The van der Waals surface area contributed by atoms with Crippen molar-refractivity contribution in [3.8, 4) is 16.5 Å². The molecule has 0 saturated carbocycles. The van der Waals surface area contributed by atoms with Gasteiger partial charge in [0.15, 0.2) is 0 Å². The molecule has 1 saturated heterocycles. The first-order chi connectivity index (χ1) is 14.5. The van der Waals surface area contributed by atoms with E-state index < -0.39 is 10.0 Å². The van der Waals surface area contributed by atoms with Gasteiger partial charge in [0, 0.05) is 48.0 Å². The lowest BCUT2D eigenvalue weighted by molar-refractivity contribution is 0.183. The Morgan fingerprint density at radius 2 is 1.77 bits per heavy atom. The number of thiophene rings is 1. The minimum atomic E-state index is -3.61. The summed E-state index contributed by atoms with van der Waals surface area (Å²) >= 11 is 1.56. The first kappa shape index (κ1) is 20.7. The van der Waals surface area contributed by atoms with Gasteiger partial charge < -0.3 is 0 Å². The van der Waals surface area contributed by atoms with Crippen LogP contribution < -0.4 is 0 Å². The third-order valence-electron chi connectivity index (χ3n) is 5.11. The van der Waals surface area contributed by atoms with Crippen molar-refractivity contribution in [1.82, 2.24) is 9.21 Å². The van der Waals surface area contributed by atoms with Crippen LogP contribution in [0.25, 0.3) is 10.4 Å². The molecule has 154 valence electrons. The van der Waals surface area contributed by atoms with E-state index in [2.05, 4.69) is 4.90 Å².